The fourth-order valence-electron chi connectivity index (χ4n) is 1.74. The summed E-state index contributed by atoms with van der Waals surface area (Å²) < 4.78 is 6.11. The molecule has 3 nitrogen and oxygen atoms in total. The first-order valence-corrected chi connectivity index (χ1v) is 6.99. The van der Waals surface area contributed by atoms with E-state index in [1.54, 1.807) is 18.4 Å². The Morgan fingerprint density at radius 2 is 2.28 bits per heavy atom. The Kier molecular flexibility index (Phi) is 4.58. The van der Waals surface area contributed by atoms with Crippen molar-refractivity contribution in [1.82, 2.24) is 5.32 Å². The van der Waals surface area contributed by atoms with Crippen LogP contribution in [0.5, 0.6) is 0 Å². The summed E-state index contributed by atoms with van der Waals surface area (Å²) >= 11 is 7.34. The molecule has 1 atom stereocenters. The molecule has 18 heavy (non-hydrogen) atoms. The Balaban J connectivity index is 2.18. The second kappa shape index (κ2) is 6.18. The molecule has 0 aliphatic heterocycles. The van der Waals surface area contributed by atoms with Crippen molar-refractivity contribution in [3.63, 3.8) is 0 Å². The normalized spacial score (nSPS) is 12.6. The predicted molar refractivity (Wildman–Crippen MR) is 75.7 cm³/mol. The van der Waals surface area contributed by atoms with Gasteiger partial charge >= 0.3 is 0 Å². The number of hydrogen-bond acceptors (Lipinski definition) is 3. The first-order chi connectivity index (χ1) is 8.76. The highest BCUT2D eigenvalue weighted by atomic mass is 35.5. The van der Waals surface area contributed by atoms with Crippen LogP contribution in [0.4, 0.5) is 0 Å². The van der Waals surface area contributed by atoms with E-state index in [2.05, 4.69) is 5.32 Å². The molecule has 1 amide bonds. The van der Waals surface area contributed by atoms with Crippen molar-refractivity contribution in [2.45, 2.75) is 6.04 Å². The lowest BCUT2D eigenvalue weighted by atomic mass is 10.1. The molecule has 1 heterocycles. The van der Waals surface area contributed by atoms with E-state index in [-0.39, 0.29) is 11.9 Å². The zero-order valence-electron chi connectivity index (χ0n) is 9.98. The third-order valence-electron chi connectivity index (χ3n) is 2.61. The van der Waals surface area contributed by atoms with E-state index in [1.165, 1.54) is 0 Å². The summed E-state index contributed by atoms with van der Waals surface area (Å²) in [6, 6.07) is 7.69. The Bertz CT molecular complexity index is 541. The van der Waals surface area contributed by atoms with Crippen LogP contribution in [0, 0.1) is 0 Å². The van der Waals surface area contributed by atoms with Gasteiger partial charge in [-0.25, -0.2) is 0 Å². The van der Waals surface area contributed by atoms with Crippen LogP contribution in [0.3, 0.4) is 0 Å². The maximum atomic E-state index is 12.1. The Hall–Kier alpha value is -1.10. The highest BCUT2D eigenvalue weighted by Crippen LogP contribution is 2.25. The lowest BCUT2D eigenvalue weighted by Crippen LogP contribution is -2.39. The molecule has 0 spiro atoms. The zero-order chi connectivity index (χ0) is 13.0. The molecule has 1 aromatic heterocycles. The van der Waals surface area contributed by atoms with Crippen LogP contribution in [0.25, 0.3) is 10.1 Å². The number of halogens is 1. The highest BCUT2D eigenvalue weighted by molar-refractivity contribution is 7.17. The quantitative estimate of drug-likeness (QED) is 0.857. The SMILES string of the molecule is COCC(CCl)NC(=O)c1csc2ccccc12. The molecule has 96 valence electrons. The molecule has 2 rings (SSSR count). The van der Waals surface area contributed by atoms with Crippen LogP contribution in [-0.2, 0) is 4.74 Å². The van der Waals surface area contributed by atoms with Gasteiger partial charge in [0, 0.05) is 28.5 Å². The summed E-state index contributed by atoms with van der Waals surface area (Å²) in [7, 11) is 1.59. The standard InChI is InChI=1S/C13H14ClNO2S/c1-17-7-9(6-14)15-13(16)11-8-18-12-5-3-2-4-10(11)12/h2-5,8-9H,6-7H2,1H3,(H,15,16). The van der Waals surface area contributed by atoms with E-state index < -0.39 is 0 Å². The number of methoxy groups -OCH3 is 1. The van der Waals surface area contributed by atoms with E-state index in [0.29, 0.717) is 18.1 Å². The molecular weight excluding hydrogens is 270 g/mol. The molecule has 0 aliphatic rings. The third-order valence-corrected chi connectivity index (χ3v) is 3.95. The van der Waals surface area contributed by atoms with Gasteiger partial charge in [0.05, 0.1) is 18.2 Å². The lowest BCUT2D eigenvalue weighted by Gasteiger charge is -2.14. The average molecular weight is 284 g/mol. The van der Waals surface area contributed by atoms with E-state index in [0.717, 1.165) is 10.1 Å². The maximum absolute atomic E-state index is 12.1. The van der Waals surface area contributed by atoms with E-state index in [4.69, 9.17) is 16.3 Å². The number of benzene rings is 1. The molecule has 0 bridgehead atoms. The van der Waals surface area contributed by atoms with Crippen molar-refractivity contribution in [1.29, 1.82) is 0 Å². The molecule has 0 radical (unpaired) electrons. The van der Waals surface area contributed by atoms with Gasteiger partial charge < -0.3 is 10.1 Å². The second-order valence-corrected chi connectivity index (χ2v) is 5.15. The van der Waals surface area contributed by atoms with E-state index in [9.17, 15) is 4.79 Å². The van der Waals surface area contributed by atoms with Crippen molar-refractivity contribution < 1.29 is 9.53 Å². The molecule has 0 saturated carbocycles. The summed E-state index contributed by atoms with van der Waals surface area (Å²) in [6.07, 6.45) is 0. The molecular formula is C13H14ClNO2S. The van der Waals surface area contributed by atoms with E-state index in [1.807, 2.05) is 29.6 Å². The van der Waals surface area contributed by atoms with Crippen LogP contribution in [-0.4, -0.2) is 31.5 Å². The highest BCUT2D eigenvalue weighted by Gasteiger charge is 2.15. The first-order valence-electron chi connectivity index (χ1n) is 5.58. The van der Waals surface area contributed by atoms with Crippen molar-refractivity contribution in [3.05, 3.63) is 35.2 Å². The minimum Gasteiger partial charge on any atom is -0.383 e. The largest absolute Gasteiger partial charge is 0.383 e. The number of amides is 1. The Morgan fingerprint density at radius 1 is 1.50 bits per heavy atom. The zero-order valence-corrected chi connectivity index (χ0v) is 11.6. The summed E-state index contributed by atoms with van der Waals surface area (Å²) in [5.74, 6) is 0.233. The summed E-state index contributed by atoms with van der Waals surface area (Å²) in [5.41, 5.74) is 0.696. The number of carbonyl (C=O) groups excluding carboxylic acids is 1. The molecule has 1 unspecified atom stereocenters. The van der Waals surface area contributed by atoms with Gasteiger partial charge in [0.25, 0.3) is 5.91 Å². The molecule has 5 heteroatoms. The van der Waals surface area contributed by atoms with Crippen molar-refractivity contribution in [2.75, 3.05) is 19.6 Å². The number of ether oxygens (including phenoxy) is 1. The fraction of sp³-hybridized carbons (Fsp3) is 0.308. The second-order valence-electron chi connectivity index (χ2n) is 3.93. The van der Waals surface area contributed by atoms with Gasteiger partial charge in [-0.1, -0.05) is 18.2 Å². The van der Waals surface area contributed by atoms with Gasteiger partial charge in [0.2, 0.25) is 0 Å². The van der Waals surface area contributed by atoms with Crippen molar-refractivity contribution in [3.8, 4) is 0 Å². The van der Waals surface area contributed by atoms with Crippen LogP contribution >= 0.6 is 22.9 Å². The average Bonchev–Trinajstić information content (AvgIpc) is 2.82. The van der Waals surface area contributed by atoms with Gasteiger partial charge in [-0.3, -0.25) is 4.79 Å². The molecule has 0 aliphatic carbocycles. The monoisotopic (exact) mass is 283 g/mol. The molecule has 0 fully saturated rings. The van der Waals surface area contributed by atoms with Crippen LogP contribution in [0.2, 0.25) is 0 Å². The maximum Gasteiger partial charge on any atom is 0.253 e. The predicted octanol–water partition coefficient (Wildman–Crippen LogP) is 2.88. The summed E-state index contributed by atoms with van der Waals surface area (Å²) in [5, 5.41) is 5.72. The molecule has 0 saturated heterocycles. The van der Waals surface area contributed by atoms with Crippen molar-refractivity contribution in [2.24, 2.45) is 0 Å². The number of carbonyl (C=O) groups is 1. The van der Waals surface area contributed by atoms with Gasteiger partial charge in [0.15, 0.2) is 0 Å². The van der Waals surface area contributed by atoms with Gasteiger partial charge in [-0.05, 0) is 6.07 Å². The number of alkyl halides is 1. The van der Waals surface area contributed by atoms with E-state index >= 15 is 0 Å². The smallest absolute Gasteiger partial charge is 0.253 e. The number of thiophene rings is 1. The number of rotatable bonds is 5. The topological polar surface area (TPSA) is 38.3 Å². The molecule has 1 N–H and O–H groups in total. The van der Waals surface area contributed by atoms with Crippen LogP contribution in [0.1, 0.15) is 10.4 Å². The van der Waals surface area contributed by atoms with Gasteiger partial charge in [-0.2, -0.15) is 0 Å². The minimum atomic E-state index is -0.164. The molecule has 2 aromatic rings. The Morgan fingerprint density at radius 3 is 3.00 bits per heavy atom. The van der Waals surface area contributed by atoms with Crippen LogP contribution < -0.4 is 5.32 Å². The Labute approximate surface area is 115 Å². The third kappa shape index (κ3) is 2.83. The van der Waals surface area contributed by atoms with Gasteiger partial charge in [-0.15, -0.1) is 22.9 Å². The number of hydrogen-bond donors (Lipinski definition) is 1. The van der Waals surface area contributed by atoms with Gasteiger partial charge in [0.1, 0.15) is 0 Å². The van der Waals surface area contributed by atoms with Crippen LogP contribution in [0.15, 0.2) is 29.6 Å². The number of nitrogens with one attached hydrogen (secondary N) is 1. The lowest BCUT2D eigenvalue weighted by molar-refractivity contribution is 0.0909. The minimum absolute atomic E-state index is 0.102. The van der Waals surface area contributed by atoms with Crippen molar-refractivity contribution >= 4 is 38.9 Å². The first kappa shape index (κ1) is 13.3. The number of fused-ring (bicyclic) bond motifs is 1. The summed E-state index contributed by atoms with van der Waals surface area (Å²) in [6.45, 7) is 0.414. The molecule has 1 aromatic carbocycles. The fourth-order valence-corrected chi connectivity index (χ4v) is 2.85. The summed E-state index contributed by atoms with van der Waals surface area (Å²) in [4.78, 5) is 12.1.